The Morgan fingerprint density at radius 2 is 2.50 bits per heavy atom. The lowest BCUT2D eigenvalue weighted by Gasteiger charge is -2.18. The quantitative estimate of drug-likeness (QED) is 0.490. The van der Waals surface area contributed by atoms with Gasteiger partial charge in [-0.25, -0.2) is 0 Å². The fourth-order valence-corrected chi connectivity index (χ4v) is 1.23. The van der Waals surface area contributed by atoms with Crippen molar-refractivity contribution >= 4 is 6.21 Å². The lowest BCUT2D eigenvalue weighted by Crippen LogP contribution is -2.30. The molecule has 52 valence electrons. The second-order valence-electron chi connectivity index (χ2n) is 2.46. The van der Waals surface area contributed by atoms with Gasteiger partial charge in [-0.3, -0.25) is 4.99 Å². The summed E-state index contributed by atoms with van der Waals surface area (Å²) in [6, 6.07) is 0. The van der Waals surface area contributed by atoms with Crippen LogP contribution in [0.4, 0.5) is 0 Å². The summed E-state index contributed by atoms with van der Waals surface area (Å²) in [5.74, 6) is 0.282. The van der Waals surface area contributed by atoms with Crippen LogP contribution in [0.3, 0.4) is 0 Å². The highest BCUT2D eigenvalue weighted by Gasteiger charge is 2.24. The second kappa shape index (κ2) is 1.87. The van der Waals surface area contributed by atoms with Gasteiger partial charge in [-0.1, -0.05) is 6.08 Å². The molecule has 2 heterocycles. The van der Waals surface area contributed by atoms with E-state index in [2.05, 4.69) is 10.3 Å². The van der Waals surface area contributed by atoms with Gasteiger partial charge in [0.25, 0.3) is 0 Å². The molecule has 0 bridgehead atoms. The van der Waals surface area contributed by atoms with E-state index in [0.29, 0.717) is 0 Å². The lowest BCUT2D eigenvalue weighted by molar-refractivity contribution is 0.546. The van der Waals surface area contributed by atoms with Crippen molar-refractivity contribution in [3.05, 3.63) is 24.0 Å². The molecule has 0 saturated carbocycles. The molecular formula is C7H9N3. The first-order chi connectivity index (χ1) is 4.88. The van der Waals surface area contributed by atoms with E-state index in [1.54, 1.807) is 6.21 Å². The first kappa shape index (κ1) is 5.53. The first-order valence-electron chi connectivity index (χ1n) is 3.29. The molecule has 0 fully saturated rings. The number of fused-ring (bicyclic) bond motifs is 1. The highest BCUT2D eigenvalue weighted by Crippen LogP contribution is 2.20. The van der Waals surface area contributed by atoms with Gasteiger partial charge in [-0.2, -0.15) is 0 Å². The van der Waals surface area contributed by atoms with Gasteiger partial charge in [0.05, 0.1) is 5.92 Å². The summed E-state index contributed by atoms with van der Waals surface area (Å²) in [5.41, 5.74) is 6.59. The van der Waals surface area contributed by atoms with Crippen LogP contribution < -0.4 is 11.1 Å². The fourth-order valence-electron chi connectivity index (χ4n) is 1.23. The highest BCUT2D eigenvalue weighted by molar-refractivity contribution is 5.74. The summed E-state index contributed by atoms with van der Waals surface area (Å²) in [7, 11) is 0. The SMILES string of the molecule is NC1=CC=N[C@H]2NC=CC12. The van der Waals surface area contributed by atoms with Crippen LogP contribution >= 0.6 is 0 Å². The van der Waals surface area contributed by atoms with E-state index in [-0.39, 0.29) is 12.1 Å². The van der Waals surface area contributed by atoms with Gasteiger partial charge in [0.1, 0.15) is 6.17 Å². The van der Waals surface area contributed by atoms with Crippen LogP contribution in [0, 0.1) is 5.92 Å². The van der Waals surface area contributed by atoms with Crippen LogP contribution in [0.5, 0.6) is 0 Å². The Labute approximate surface area is 59.3 Å². The molecule has 0 aromatic rings. The number of dihydropyridines is 1. The minimum absolute atomic E-state index is 0.157. The zero-order valence-corrected chi connectivity index (χ0v) is 5.49. The number of nitrogens with one attached hydrogen (secondary N) is 1. The topological polar surface area (TPSA) is 50.4 Å². The Balaban J connectivity index is 2.30. The maximum atomic E-state index is 5.70. The number of allylic oxidation sites excluding steroid dienone is 1. The number of nitrogens with two attached hydrogens (primary N) is 1. The Kier molecular flexibility index (Phi) is 1.03. The third-order valence-electron chi connectivity index (χ3n) is 1.81. The monoisotopic (exact) mass is 135 g/mol. The number of hydrogen-bond acceptors (Lipinski definition) is 3. The van der Waals surface area contributed by atoms with Crippen LogP contribution in [0.2, 0.25) is 0 Å². The molecule has 2 atom stereocenters. The van der Waals surface area contributed by atoms with Crippen molar-refractivity contribution in [1.82, 2.24) is 5.32 Å². The van der Waals surface area contributed by atoms with Crippen molar-refractivity contribution in [3.8, 4) is 0 Å². The largest absolute Gasteiger partial charge is 0.401 e. The maximum absolute atomic E-state index is 5.70. The van der Waals surface area contributed by atoms with Crippen molar-refractivity contribution in [2.45, 2.75) is 6.17 Å². The fraction of sp³-hybridized carbons (Fsp3) is 0.286. The second-order valence-corrected chi connectivity index (χ2v) is 2.46. The third-order valence-corrected chi connectivity index (χ3v) is 1.81. The predicted octanol–water partition coefficient (Wildman–Crippen LogP) is -0.0274. The highest BCUT2D eigenvalue weighted by atomic mass is 15.1. The Morgan fingerprint density at radius 1 is 1.60 bits per heavy atom. The number of aliphatic imine (C=N–C) groups is 1. The van der Waals surface area contributed by atoms with Crippen LogP contribution in [-0.2, 0) is 0 Å². The molecule has 2 aliphatic heterocycles. The van der Waals surface area contributed by atoms with Crippen LogP contribution in [-0.4, -0.2) is 12.4 Å². The Morgan fingerprint density at radius 3 is 3.30 bits per heavy atom. The normalized spacial score (nSPS) is 35.0. The molecule has 3 N–H and O–H groups in total. The van der Waals surface area contributed by atoms with Gasteiger partial charge in [-0.05, 0) is 12.3 Å². The molecule has 10 heavy (non-hydrogen) atoms. The lowest BCUT2D eigenvalue weighted by atomic mass is 10.0. The van der Waals surface area contributed by atoms with Crippen LogP contribution in [0.1, 0.15) is 0 Å². The van der Waals surface area contributed by atoms with Crippen molar-refractivity contribution in [3.63, 3.8) is 0 Å². The van der Waals surface area contributed by atoms with Crippen molar-refractivity contribution in [2.75, 3.05) is 0 Å². The van der Waals surface area contributed by atoms with Crippen LogP contribution in [0.25, 0.3) is 0 Å². The maximum Gasteiger partial charge on any atom is 0.130 e. The Hall–Kier alpha value is -1.25. The van der Waals surface area contributed by atoms with E-state index in [0.717, 1.165) is 5.70 Å². The molecule has 0 aromatic heterocycles. The molecule has 0 spiro atoms. The number of hydrogen-bond donors (Lipinski definition) is 2. The van der Waals surface area contributed by atoms with E-state index in [1.807, 2.05) is 18.4 Å². The summed E-state index contributed by atoms with van der Waals surface area (Å²) in [5, 5.41) is 3.09. The minimum Gasteiger partial charge on any atom is -0.401 e. The van der Waals surface area contributed by atoms with Crippen LogP contribution in [0.15, 0.2) is 29.0 Å². The minimum atomic E-state index is 0.157. The predicted molar refractivity (Wildman–Crippen MR) is 40.3 cm³/mol. The molecule has 0 radical (unpaired) electrons. The summed E-state index contributed by atoms with van der Waals surface area (Å²) >= 11 is 0. The van der Waals surface area contributed by atoms with Gasteiger partial charge in [0, 0.05) is 11.9 Å². The zero-order chi connectivity index (χ0) is 6.97. The molecule has 0 amide bonds. The molecule has 2 aliphatic rings. The summed E-state index contributed by atoms with van der Waals surface area (Å²) in [4.78, 5) is 4.19. The molecule has 0 saturated heterocycles. The Bertz CT molecular complexity index is 227. The van der Waals surface area contributed by atoms with Crippen molar-refractivity contribution in [1.29, 1.82) is 0 Å². The molecule has 2 rings (SSSR count). The average molecular weight is 135 g/mol. The first-order valence-corrected chi connectivity index (χ1v) is 3.29. The molecule has 1 unspecified atom stereocenters. The van der Waals surface area contributed by atoms with Crippen molar-refractivity contribution in [2.24, 2.45) is 16.6 Å². The summed E-state index contributed by atoms with van der Waals surface area (Å²) in [6.07, 6.45) is 7.69. The number of rotatable bonds is 0. The van der Waals surface area contributed by atoms with Gasteiger partial charge in [0.2, 0.25) is 0 Å². The van der Waals surface area contributed by atoms with Crippen molar-refractivity contribution < 1.29 is 0 Å². The molecule has 0 aliphatic carbocycles. The smallest absolute Gasteiger partial charge is 0.130 e. The standard InChI is InChI=1S/C7H9N3/c8-6-2-4-10-7-5(6)1-3-9-7/h1-5,7,9H,8H2/t5?,7-/m1/s1. The molecule has 3 heteroatoms. The molecule has 3 nitrogen and oxygen atoms in total. The average Bonchev–Trinajstić information content (AvgIpc) is 2.36. The van der Waals surface area contributed by atoms with E-state index < -0.39 is 0 Å². The zero-order valence-electron chi connectivity index (χ0n) is 5.49. The van der Waals surface area contributed by atoms with Gasteiger partial charge >= 0.3 is 0 Å². The molecular weight excluding hydrogens is 126 g/mol. The van der Waals surface area contributed by atoms with Gasteiger partial charge in [-0.15, -0.1) is 0 Å². The summed E-state index contributed by atoms with van der Waals surface area (Å²) in [6.45, 7) is 0. The third kappa shape index (κ3) is 0.635. The molecule has 0 aromatic carbocycles. The van der Waals surface area contributed by atoms with E-state index in [4.69, 9.17) is 5.73 Å². The van der Waals surface area contributed by atoms with Gasteiger partial charge < -0.3 is 11.1 Å². The van der Waals surface area contributed by atoms with Gasteiger partial charge in [0.15, 0.2) is 0 Å². The van der Waals surface area contributed by atoms with E-state index in [1.165, 1.54) is 0 Å². The van der Waals surface area contributed by atoms with E-state index >= 15 is 0 Å². The number of nitrogens with zero attached hydrogens (tertiary/aromatic N) is 1. The summed E-state index contributed by atoms with van der Waals surface area (Å²) < 4.78 is 0. The van der Waals surface area contributed by atoms with E-state index in [9.17, 15) is 0 Å².